The molecule has 0 saturated carbocycles. The molecular weight excluding hydrogens is 535 g/mol. The molecule has 40 heavy (non-hydrogen) atoms. The van der Waals surface area contributed by atoms with Crippen molar-refractivity contribution in [3.63, 3.8) is 0 Å². The largest absolute Gasteiger partial charge is 0.469 e. The van der Waals surface area contributed by atoms with Crippen LogP contribution in [-0.4, -0.2) is 70.4 Å². The molecule has 0 radical (unpaired) electrons. The maximum atomic E-state index is 14.3. The first-order valence-electron chi connectivity index (χ1n) is 13.3. The Labute approximate surface area is 238 Å². The number of anilines is 3. The number of nitrogens with zero attached hydrogens (tertiary/aromatic N) is 6. The Kier molecular flexibility index (Phi) is 7.24. The van der Waals surface area contributed by atoms with Crippen molar-refractivity contribution in [2.75, 3.05) is 43.1 Å². The van der Waals surface area contributed by atoms with Gasteiger partial charge in [0.15, 0.2) is 5.69 Å². The second-order valence-electron chi connectivity index (χ2n) is 11.6. The number of benzene rings is 1. The third kappa shape index (κ3) is 5.24. The standard InChI is InChI=1S/C29H34ClFN6O3/c1-28(2)10-11-35(20-7-8-21(30)22(31)15-20)25-16-23(33-37(25)28)27(39)36-13-12-34(18-29(36,3)4)24-9-6-19(17-32-24)14-26(38)40-5/h6-9,15-17H,10-14,18H2,1-5H3. The highest BCUT2D eigenvalue weighted by atomic mass is 35.5. The molecule has 0 bridgehead atoms. The van der Waals surface area contributed by atoms with E-state index < -0.39 is 11.4 Å². The van der Waals surface area contributed by atoms with E-state index in [0.717, 1.165) is 23.6 Å². The predicted molar refractivity (Wildman–Crippen MR) is 152 cm³/mol. The summed E-state index contributed by atoms with van der Waals surface area (Å²) in [5.74, 6) is 0.591. The number of halogens is 2. The highest BCUT2D eigenvalue weighted by Crippen LogP contribution is 2.39. The number of carbonyl (C=O) groups excluding carboxylic acids is 2. The van der Waals surface area contributed by atoms with Crippen LogP contribution in [0.4, 0.5) is 21.7 Å². The number of amides is 1. The average Bonchev–Trinajstić information content (AvgIpc) is 3.37. The molecule has 1 amide bonds. The van der Waals surface area contributed by atoms with Gasteiger partial charge < -0.3 is 19.4 Å². The normalized spacial score (nSPS) is 17.9. The molecule has 2 aliphatic heterocycles. The van der Waals surface area contributed by atoms with E-state index in [0.29, 0.717) is 37.6 Å². The predicted octanol–water partition coefficient (Wildman–Crippen LogP) is 4.80. The van der Waals surface area contributed by atoms with Gasteiger partial charge in [-0.2, -0.15) is 5.10 Å². The van der Waals surface area contributed by atoms with Crippen molar-refractivity contribution >= 4 is 40.8 Å². The fraction of sp³-hybridized carbons (Fsp3) is 0.448. The van der Waals surface area contributed by atoms with Crippen LogP contribution in [-0.2, 0) is 21.5 Å². The molecular formula is C29H34ClFN6O3. The van der Waals surface area contributed by atoms with Gasteiger partial charge >= 0.3 is 5.97 Å². The van der Waals surface area contributed by atoms with Gasteiger partial charge in [-0.1, -0.05) is 17.7 Å². The Bertz CT molecular complexity index is 1440. The van der Waals surface area contributed by atoms with Gasteiger partial charge in [-0.3, -0.25) is 9.59 Å². The van der Waals surface area contributed by atoms with E-state index in [9.17, 15) is 14.0 Å². The van der Waals surface area contributed by atoms with Gasteiger partial charge in [0.05, 0.1) is 29.6 Å². The SMILES string of the molecule is COC(=O)Cc1ccc(N2CCN(C(=O)c3cc4n(n3)C(C)(C)CCN4c3ccc(Cl)c(F)c3)C(C)(C)C2)nc1. The van der Waals surface area contributed by atoms with Crippen LogP contribution in [0.2, 0.25) is 5.02 Å². The Hall–Kier alpha value is -3.66. The van der Waals surface area contributed by atoms with E-state index in [4.69, 9.17) is 21.4 Å². The smallest absolute Gasteiger partial charge is 0.310 e. The molecule has 2 aromatic heterocycles. The Morgan fingerprint density at radius 2 is 1.82 bits per heavy atom. The highest BCUT2D eigenvalue weighted by Gasteiger charge is 2.40. The Morgan fingerprint density at radius 1 is 1.05 bits per heavy atom. The monoisotopic (exact) mass is 568 g/mol. The van der Waals surface area contributed by atoms with Crippen LogP contribution in [0, 0.1) is 5.82 Å². The summed E-state index contributed by atoms with van der Waals surface area (Å²) in [6.07, 6.45) is 2.63. The average molecular weight is 569 g/mol. The lowest BCUT2D eigenvalue weighted by Crippen LogP contribution is -2.61. The maximum absolute atomic E-state index is 14.3. The van der Waals surface area contributed by atoms with Crippen molar-refractivity contribution in [1.82, 2.24) is 19.7 Å². The number of pyridine rings is 1. The number of carbonyl (C=O) groups is 2. The number of hydrogen-bond donors (Lipinski definition) is 0. The van der Waals surface area contributed by atoms with E-state index in [-0.39, 0.29) is 28.9 Å². The molecule has 0 aliphatic carbocycles. The zero-order valence-corrected chi connectivity index (χ0v) is 24.2. The lowest BCUT2D eigenvalue weighted by molar-refractivity contribution is -0.139. The number of fused-ring (bicyclic) bond motifs is 1. The molecule has 212 valence electrons. The van der Waals surface area contributed by atoms with E-state index in [1.54, 1.807) is 24.4 Å². The molecule has 1 aromatic carbocycles. The summed E-state index contributed by atoms with van der Waals surface area (Å²) in [6.45, 7) is 10.6. The van der Waals surface area contributed by atoms with Crippen molar-refractivity contribution in [1.29, 1.82) is 0 Å². The van der Waals surface area contributed by atoms with Gasteiger partial charge in [0.25, 0.3) is 5.91 Å². The van der Waals surface area contributed by atoms with Crippen molar-refractivity contribution in [3.8, 4) is 0 Å². The van der Waals surface area contributed by atoms with Crippen LogP contribution in [0.15, 0.2) is 42.6 Å². The first-order valence-corrected chi connectivity index (χ1v) is 13.7. The lowest BCUT2D eigenvalue weighted by Gasteiger charge is -2.47. The zero-order valence-electron chi connectivity index (χ0n) is 23.4. The summed E-state index contributed by atoms with van der Waals surface area (Å²) in [5, 5.41) is 4.85. The molecule has 0 spiro atoms. The van der Waals surface area contributed by atoms with E-state index in [1.807, 2.05) is 40.5 Å². The van der Waals surface area contributed by atoms with Crippen molar-refractivity contribution < 1.29 is 18.7 Å². The summed E-state index contributed by atoms with van der Waals surface area (Å²) < 4.78 is 20.9. The fourth-order valence-corrected chi connectivity index (χ4v) is 5.56. The number of piperazine rings is 1. The van der Waals surface area contributed by atoms with Gasteiger partial charge in [-0.05, 0) is 63.9 Å². The summed E-state index contributed by atoms with van der Waals surface area (Å²) in [4.78, 5) is 36.0. The maximum Gasteiger partial charge on any atom is 0.310 e. The Balaban J connectivity index is 1.36. The first kappa shape index (κ1) is 27.9. The van der Waals surface area contributed by atoms with Gasteiger partial charge in [0.2, 0.25) is 0 Å². The van der Waals surface area contributed by atoms with E-state index in [1.165, 1.54) is 13.2 Å². The van der Waals surface area contributed by atoms with Crippen molar-refractivity contribution in [3.05, 3.63) is 64.7 Å². The third-order valence-corrected chi connectivity index (χ3v) is 8.08. The molecule has 1 fully saturated rings. The highest BCUT2D eigenvalue weighted by molar-refractivity contribution is 6.30. The number of aromatic nitrogens is 3. The van der Waals surface area contributed by atoms with E-state index >= 15 is 0 Å². The number of ether oxygens (including phenoxy) is 1. The molecule has 4 heterocycles. The first-order chi connectivity index (χ1) is 18.9. The Morgan fingerprint density at radius 3 is 2.48 bits per heavy atom. The number of hydrogen-bond acceptors (Lipinski definition) is 7. The number of methoxy groups -OCH3 is 1. The van der Waals surface area contributed by atoms with Crippen LogP contribution < -0.4 is 9.80 Å². The fourth-order valence-electron chi connectivity index (χ4n) is 5.45. The van der Waals surface area contributed by atoms with Crippen LogP contribution in [0.5, 0.6) is 0 Å². The van der Waals surface area contributed by atoms with Crippen LogP contribution in [0.1, 0.15) is 50.2 Å². The molecule has 9 nitrogen and oxygen atoms in total. The number of esters is 1. The van der Waals surface area contributed by atoms with Crippen molar-refractivity contribution in [2.24, 2.45) is 0 Å². The summed E-state index contributed by atoms with van der Waals surface area (Å²) >= 11 is 5.92. The molecule has 0 atom stereocenters. The minimum Gasteiger partial charge on any atom is -0.469 e. The lowest BCUT2D eigenvalue weighted by atomic mass is 9.97. The van der Waals surface area contributed by atoms with Crippen molar-refractivity contribution in [2.45, 2.75) is 51.6 Å². The minimum atomic E-state index is -0.500. The van der Waals surface area contributed by atoms with Gasteiger partial charge in [-0.15, -0.1) is 0 Å². The molecule has 3 aromatic rings. The summed E-state index contributed by atoms with van der Waals surface area (Å²) in [6, 6.07) is 10.3. The van der Waals surface area contributed by atoms with Crippen LogP contribution >= 0.6 is 11.6 Å². The summed E-state index contributed by atoms with van der Waals surface area (Å²) in [5.41, 5.74) is 0.994. The molecule has 2 aliphatic rings. The number of rotatable bonds is 5. The topological polar surface area (TPSA) is 83.8 Å². The van der Waals surface area contributed by atoms with Crippen LogP contribution in [0.25, 0.3) is 0 Å². The summed E-state index contributed by atoms with van der Waals surface area (Å²) in [7, 11) is 1.36. The molecule has 0 unspecified atom stereocenters. The molecule has 11 heteroatoms. The minimum absolute atomic E-state index is 0.0687. The molecule has 0 N–H and O–H groups in total. The second kappa shape index (κ2) is 10.4. The quantitative estimate of drug-likeness (QED) is 0.409. The van der Waals surface area contributed by atoms with Gasteiger partial charge in [0, 0.05) is 44.1 Å². The molecule has 1 saturated heterocycles. The van der Waals surface area contributed by atoms with Gasteiger partial charge in [0.1, 0.15) is 17.5 Å². The zero-order chi connectivity index (χ0) is 28.8. The van der Waals surface area contributed by atoms with E-state index in [2.05, 4.69) is 23.7 Å². The van der Waals surface area contributed by atoms with Crippen LogP contribution in [0.3, 0.4) is 0 Å². The van der Waals surface area contributed by atoms with Gasteiger partial charge in [-0.25, -0.2) is 14.1 Å². The third-order valence-electron chi connectivity index (χ3n) is 7.78. The second-order valence-corrected chi connectivity index (χ2v) is 12.0. The molecule has 5 rings (SSSR count).